The van der Waals surface area contributed by atoms with Gasteiger partial charge in [-0.2, -0.15) is 0 Å². The lowest BCUT2D eigenvalue weighted by atomic mass is 9.62. The van der Waals surface area contributed by atoms with Crippen LogP contribution in [-0.4, -0.2) is 4.57 Å². The Morgan fingerprint density at radius 2 is 1.25 bits per heavy atom. The normalized spacial score (nSPS) is 17.0. The molecule has 186 valence electrons. The van der Waals surface area contributed by atoms with Crippen LogP contribution in [0.5, 0.6) is 0 Å². The number of aromatic nitrogens is 1. The van der Waals surface area contributed by atoms with E-state index in [1.165, 1.54) is 70.3 Å². The van der Waals surface area contributed by atoms with E-state index in [2.05, 4.69) is 132 Å². The lowest BCUT2D eigenvalue weighted by Gasteiger charge is -2.45. The number of fused-ring (bicyclic) bond motifs is 15. The molecule has 2 aliphatic heterocycles. The molecule has 0 aliphatic carbocycles. The summed E-state index contributed by atoms with van der Waals surface area (Å²) in [6, 6.07) is 46.7. The monoisotopic (exact) mass is 527 g/mol. The van der Waals surface area contributed by atoms with Gasteiger partial charge in [0.1, 0.15) is 11.2 Å². The second kappa shape index (κ2) is 7.26. The molecule has 8 aromatic rings. The number of rotatable bonds is 0. The molecule has 0 saturated carbocycles. The third kappa shape index (κ3) is 2.32. The van der Waals surface area contributed by atoms with Crippen molar-refractivity contribution in [1.29, 1.82) is 0 Å². The summed E-state index contributed by atoms with van der Waals surface area (Å²) in [4.78, 5) is 2.49. The first-order chi connectivity index (χ1) is 19.9. The maximum absolute atomic E-state index is 6.65. The zero-order chi connectivity index (χ0) is 26.0. The van der Waals surface area contributed by atoms with Crippen LogP contribution in [-0.2, 0) is 5.41 Å². The van der Waals surface area contributed by atoms with Crippen molar-refractivity contribution in [2.24, 2.45) is 0 Å². The van der Waals surface area contributed by atoms with E-state index in [0.29, 0.717) is 0 Å². The molecule has 1 unspecified atom stereocenters. The van der Waals surface area contributed by atoms with Gasteiger partial charge in [-0.1, -0.05) is 115 Å². The second-order valence-corrected chi connectivity index (χ2v) is 11.9. The summed E-state index contributed by atoms with van der Waals surface area (Å²) in [6.45, 7) is 0. The predicted molar refractivity (Wildman–Crippen MR) is 164 cm³/mol. The van der Waals surface area contributed by atoms with E-state index in [1.807, 2.05) is 11.8 Å². The van der Waals surface area contributed by atoms with Gasteiger partial charge in [0.05, 0.1) is 27.0 Å². The van der Waals surface area contributed by atoms with Gasteiger partial charge < -0.3 is 8.98 Å². The highest BCUT2D eigenvalue weighted by atomic mass is 32.2. The minimum atomic E-state index is -0.481. The van der Waals surface area contributed by atoms with Gasteiger partial charge in [-0.25, -0.2) is 0 Å². The molecule has 6 aromatic carbocycles. The SMILES string of the molecule is c1ccc2c(c1)Sc1c(ccc3c1oc1ccccc13)C21c2ccccc2-n2c3ccccc3c3cccc1c32. The summed E-state index contributed by atoms with van der Waals surface area (Å²) >= 11 is 1.84. The molecule has 0 fully saturated rings. The molecule has 0 saturated heterocycles. The van der Waals surface area contributed by atoms with Crippen LogP contribution in [0, 0.1) is 0 Å². The third-order valence-electron chi connectivity index (χ3n) is 9.06. The number of para-hydroxylation sites is 4. The second-order valence-electron chi connectivity index (χ2n) is 10.8. The average Bonchev–Trinajstić information content (AvgIpc) is 3.56. The summed E-state index contributed by atoms with van der Waals surface area (Å²) in [5.74, 6) is 0. The van der Waals surface area contributed by atoms with Crippen molar-refractivity contribution < 1.29 is 4.42 Å². The Bertz CT molecular complexity index is 2370. The van der Waals surface area contributed by atoms with Gasteiger partial charge in [-0.3, -0.25) is 0 Å². The molecule has 3 heteroatoms. The summed E-state index contributed by atoms with van der Waals surface area (Å²) in [5, 5.41) is 4.93. The fourth-order valence-corrected chi connectivity index (χ4v) is 8.84. The molecule has 0 N–H and O–H groups in total. The number of benzene rings is 6. The molecule has 2 aromatic heterocycles. The number of nitrogens with zero attached hydrogens (tertiary/aromatic N) is 1. The van der Waals surface area contributed by atoms with E-state index in [0.717, 1.165) is 11.2 Å². The first-order valence-electron chi connectivity index (χ1n) is 13.7. The van der Waals surface area contributed by atoms with E-state index in [9.17, 15) is 0 Å². The van der Waals surface area contributed by atoms with Crippen LogP contribution in [0.4, 0.5) is 0 Å². The van der Waals surface area contributed by atoms with E-state index in [-0.39, 0.29) is 0 Å². The largest absolute Gasteiger partial charge is 0.455 e. The van der Waals surface area contributed by atoms with E-state index in [4.69, 9.17) is 4.42 Å². The molecule has 2 aliphatic rings. The highest BCUT2D eigenvalue weighted by Gasteiger charge is 2.50. The van der Waals surface area contributed by atoms with Crippen LogP contribution in [0.1, 0.15) is 22.3 Å². The van der Waals surface area contributed by atoms with Crippen LogP contribution in [0.2, 0.25) is 0 Å². The van der Waals surface area contributed by atoms with Gasteiger partial charge in [0.15, 0.2) is 0 Å². The Balaban J connectivity index is 1.47. The molecule has 0 bridgehead atoms. The van der Waals surface area contributed by atoms with Crippen LogP contribution in [0.3, 0.4) is 0 Å². The fourth-order valence-electron chi connectivity index (χ4n) is 7.56. The van der Waals surface area contributed by atoms with E-state index in [1.54, 1.807) is 0 Å². The Labute approximate surface area is 234 Å². The third-order valence-corrected chi connectivity index (χ3v) is 10.2. The lowest BCUT2D eigenvalue weighted by Crippen LogP contribution is -2.37. The maximum Gasteiger partial charge on any atom is 0.149 e. The van der Waals surface area contributed by atoms with Crippen molar-refractivity contribution >= 4 is 55.5 Å². The van der Waals surface area contributed by atoms with E-state index < -0.39 is 5.41 Å². The quantitative estimate of drug-likeness (QED) is 0.195. The van der Waals surface area contributed by atoms with Gasteiger partial charge in [0, 0.05) is 26.4 Å². The van der Waals surface area contributed by atoms with Crippen molar-refractivity contribution in [3.63, 3.8) is 0 Å². The molecule has 40 heavy (non-hydrogen) atoms. The highest BCUT2D eigenvalue weighted by molar-refractivity contribution is 7.99. The Morgan fingerprint density at radius 3 is 2.20 bits per heavy atom. The molecular formula is C37H21NOS. The van der Waals surface area contributed by atoms with Crippen LogP contribution in [0.15, 0.2) is 142 Å². The van der Waals surface area contributed by atoms with Gasteiger partial charge in [-0.15, -0.1) is 0 Å². The Kier molecular flexibility index (Phi) is 3.84. The summed E-state index contributed by atoms with van der Waals surface area (Å²) in [5.41, 5.74) is 10.5. The topological polar surface area (TPSA) is 18.1 Å². The smallest absolute Gasteiger partial charge is 0.149 e. The summed E-state index contributed by atoms with van der Waals surface area (Å²) in [7, 11) is 0. The number of hydrogen-bond acceptors (Lipinski definition) is 2. The first-order valence-corrected chi connectivity index (χ1v) is 14.5. The van der Waals surface area contributed by atoms with Crippen molar-refractivity contribution in [3.05, 3.63) is 150 Å². The van der Waals surface area contributed by atoms with Gasteiger partial charge >= 0.3 is 0 Å². The first kappa shape index (κ1) is 21.1. The predicted octanol–water partition coefficient (Wildman–Crippen LogP) is 9.84. The van der Waals surface area contributed by atoms with Crippen molar-refractivity contribution in [2.45, 2.75) is 15.2 Å². The van der Waals surface area contributed by atoms with Gasteiger partial charge in [0.25, 0.3) is 0 Å². The molecule has 0 radical (unpaired) electrons. The van der Waals surface area contributed by atoms with Crippen molar-refractivity contribution in [2.75, 3.05) is 0 Å². The van der Waals surface area contributed by atoms with E-state index >= 15 is 0 Å². The minimum absolute atomic E-state index is 0.481. The van der Waals surface area contributed by atoms with Crippen LogP contribution < -0.4 is 0 Å². The average molecular weight is 528 g/mol. The number of hydrogen-bond donors (Lipinski definition) is 0. The fraction of sp³-hybridized carbons (Fsp3) is 0.0270. The van der Waals surface area contributed by atoms with Crippen molar-refractivity contribution in [1.82, 2.24) is 4.57 Å². The highest BCUT2D eigenvalue weighted by Crippen LogP contribution is 2.61. The molecule has 0 amide bonds. The molecular weight excluding hydrogens is 506 g/mol. The number of furan rings is 1. The summed E-state index contributed by atoms with van der Waals surface area (Å²) in [6.07, 6.45) is 0. The molecule has 2 nitrogen and oxygen atoms in total. The van der Waals surface area contributed by atoms with Gasteiger partial charge in [0.2, 0.25) is 0 Å². The van der Waals surface area contributed by atoms with Crippen LogP contribution >= 0.6 is 11.8 Å². The lowest BCUT2D eigenvalue weighted by molar-refractivity contribution is 0.643. The molecule has 1 atom stereocenters. The van der Waals surface area contributed by atoms with Crippen molar-refractivity contribution in [3.8, 4) is 5.69 Å². The molecule has 4 heterocycles. The maximum atomic E-state index is 6.65. The molecule has 10 rings (SSSR count). The standard InChI is InChI=1S/C37H21NOS/c1-5-16-30-22(10-1)24-12-9-15-28-34(24)38(30)31-17-6-3-13-26(31)37(28)27-14-4-8-19-33(27)40-36-29(37)21-20-25-23-11-2-7-18-32(23)39-35(25)36/h1-21H. The Hall–Kier alpha value is -4.73. The summed E-state index contributed by atoms with van der Waals surface area (Å²) < 4.78 is 9.14. The van der Waals surface area contributed by atoms with Gasteiger partial charge in [-0.05, 0) is 46.5 Å². The zero-order valence-corrected chi connectivity index (χ0v) is 22.2. The Morgan fingerprint density at radius 1 is 0.525 bits per heavy atom. The molecule has 1 spiro atoms. The minimum Gasteiger partial charge on any atom is -0.455 e. The van der Waals surface area contributed by atoms with Crippen LogP contribution in [0.25, 0.3) is 49.4 Å². The zero-order valence-electron chi connectivity index (χ0n) is 21.4.